The Hall–Kier alpha value is -1.71. The maximum atomic E-state index is 11.7. The molecule has 130 valence electrons. The molecule has 0 bridgehead atoms. The smallest absolute Gasteiger partial charge is 0.337 e. The van der Waals surface area contributed by atoms with Crippen molar-refractivity contribution in [2.45, 2.75) is 43.5 Å². The average Bonchev–Trinajstić information content (AvgIpc) is 3.32. The Morgan fingerprint density at radius 1 is 1.09 bits per heavy atom. The lowest BCUT2D eigenvalue weighted by Crippen LogP contribution is -2.53. The van der Waals surface area contributed by atoms with Gasteiger partial charge in [0.05, 0.1) is 44.4 Å². The SMILES string of the molecule is O=C(O)CC(OCCC1CO1)(C(=O)O)C(CCC1CO1)C(=O)O. The highest BCUT2D eigenvalue weighted by Crippen LogP contribution is 2.34. The molecule has 0 aliphatic carbocycles. The Morgan fingerprint density at radius 3 is 2.09 bits per heavy atom. The zero-order chi connectivity index (χ0) is 17.0. The van der Waals surface area contributed by atoms with E-state index in [4.69, 9.17) is 19.3 Å². The van der Waals surface area contributed by atoms with E-state index in [0.29, 0.717) is 26.1 Å². The van der Waals surface area contributed by atoms with Crippen molar-refractivity contribution in [2.24, 2.45) is 5.92 Å². The molecule has 0 amide bonds. The number of ether oxygens (including phenoxy) is 3. The van der Waals surface area contributed by atoms with Crippen LogP contribution in [0.5, 0.6) is 0 Å². The van der Waals surface area contributed by atoms with Gasteiger partial charge >= 0.3 is 17.9 Å². The minimum absolute atomic E-state index is 0.0283. The van der Waals surface area contributed by atoms with Crippen LogP contribution in [0.3, 0.4) is 0 Å². The molecule has 0 spiro atoms. The summed E-state index contributed by atoms with van der Waals surface area (Å²) in [4.78, 5) is 34.4. The number of hydrogen-bond acceptors (Lipinski definition) is 6. The van der Waals surface area contributed by atoms with Gasteiger partial charge in [-0.1, -0.05) is 0 Å². The van der Waals surface area contributed by atoms with E-state index >= 15 is 0 Å². The van der Waals surface area contributed by atoms with Crippen molar-refractivity contribution < 1.29 is 43.9 Å². The molecule has 9 nitrogen and oxygen atoms in total. The number of hydrogen-bond donors (Lipinski definition) is 3. The van der Waals surface area contributed by atoms with E-state index in [-0.39, 0.29) is 25.2 Å². The zero-order valence-corrected chi connectivity index (χ0v) is 12.5. The van der Waals surface area contributed by atoms with Crippen molar-refractivity contribution in [2.75, 3.05) is 19.8 Å². The van der Waals surface area contributed by atoms with Crippen molar-refractivity contribution in [3.8, 4) is 0 Å². The van der Waals surface area contributed by atoms with Crippen LogP contribution in [0.4, 0.5) is 0 Å². The van der Waals surface area contributed by atoms with E-state index in [0.717, 1.165) is 0 Å². The number of carbonyl (C=O) groups is 3. The molecule has 0 radical (unpaired) electrons. The molecule has 2 saturated heterocycles. The van der Waals surface area contributed by atoms with E-state index in [9.17, 15) is 24.6 Å². The lowest BCUT2D eigenvalue weighted by molar-refractivity contribution is -0.189. The fourth-order valence-corrected chi connectivity index (χ4v) is 2.54. The van der Waals surface area contributed by atoms with Crippen LogP contribution in [-0.4, -0.2) is 70.9 Å². The second kappa shape index (κ2) is 7.24. The normalized spacial score (nSPS) is 26.1. The predicted molar refractivity (Wildman–Crippen MR) is 73.0 cm³/mol. The molecule has 0 aromatic carbocycles. The van der Waals surface area contributed by atoms with E-state index in [1.807, 2.05) is 0 Å². The summed E-state index contributed by atoms with van der Waals surface area (Å²) in [7, 11) is 0. The second-order valence-electron chi connectivity index (χ2n) is 5.78. The van der Waals surface area contributed by atoms with Gasteiger partial charge in [0.1, 0.15) is 0 Å². The summed E-state index contributed by atoms with van der Waals surface area (Å²) in [5, 5.41) is 28.0. The highest BCUT2D eigenvalue weighted by molar-refractivity contribution is 5.90. The van der Waals surface area contributed by atoms with Gasteiger partial charge in [-0.3, -0.25) is 9.59 Å². The Morgan fingerprint density at radius 2 is 1.65 bits per heavy atom. The second-order valence-corrected chi connectivity index (χ2v) is 5.78. The van der Waals surface area contributed by atoms with Crippen molar-refractivity contribution in [1.29, 1.82) is 0 Å². The highest BCUT2D eigenvalue weighted by Gasteiger charge is 2.53. The molecule has 0 aromatic rings. The summed E-state index contributed by atoms with van der Waals surface area (Å²) in [5.41, 5.74) is -2.30. The monoisotopic (exact) mass is 332 g/mol. The minimum atomic E-state index is -2.30. The molecular weight excluding hydrogens is 312 g/mol. The van der Waals surface area contributed by atoms with Gasteiger partial charge in [-0.25, -0.2) is 4.79 Å². The van der Waals surface area contributed by atoms with Gasteiger partial charge in [-0.05, 0) is 19.3 Å². The third-order valence-corrected chi connectivity index (χ3v) is 4.02. The first-order valence-electron chi connectivity index (χ1n) is 7.40. The van der Waals surface area contributed by atoms with E-state index in [2.05, 4.69) is 0 Å². The van der Waals surface area contributed by atoms with E-state index < -0.39 is 35.8 Å². The molecule has 2 rings (SSSR count). The number of carboxylic acid groups (broad SMARTS) is 3. The Kier molecular flexibility index (Phi) is 5.55. The van der Waals surface area contributed by atoms with Gasteiger partial charge in [0, 0.05) is 0 Å². The lowest BCUT2D eigenvalue weighted by atomic mass is 9.80. The Labute approximate surface area is 132 Å². The van der Waals surface area contributed by atoms with E-state index in [1.54, 1.807) is 0 Å². The van der Waals surface area contributed by atoms with Gasteiger partial charge in [0.25, 0.3) is 0 Å². The van der Waals surface area contributed by atoms with Crippen molar-refractivity contribution in [1.82, 2.24) is 0 Å². The van der Waals surface area contributed by atoms with Gasteiger partial charge in [0.2, 0.25) is 0 Å². The molecule has 3 N–H and O–H groups in total. The van der Waals surface area contributed by atoms with Gasteiger partial charge in [-0.15, -0.1) is 0 Å². The summed E-state index contributed by atoms with van der Waals surface area (Å²) in [6.07, 6.45) is -0.328. The number of aliphatic carboxylic acids is 3. The summed E-state index contributed by atoms with van der Waals surface area (Å²) in [5.74, 6) is -5.87. The maximum Gasteiger partial charge on any atom is 0.337 e. The first-order valence-corrected chi connectivity index (χ1v) is 7.40. The van der Waals surface area contributed by atoms with Crippen LogP contribution in [0.2, 0.25) is 0 Å². The van der Waals surface area contributed by atoms with Crippen LogP contribution in [0.15, 0.2) is 0 Å². The topological polar surface area (TPSA) is 146 Å². The zero-order valence-electron chi connectivity index (χ0n) is 12.5. The molecule has 23 heavy (non-hydrogen) atoms. The fraction of sp³-hybridized carbons (Fsp3) is 0.786. The molecule has 4 unspecified atom stereocenters. The molecule has 9 heteroatoms. The molecule has 2 aliphatic heterocycles. The molecule has 2 fully saturated rings. The Balaban J connectivity index is 2.14. The largest absolute Gasteiger partial charge is 0.481 e. The van der Waals surface area contributed by atoms with Crippen molar-refractivity contribution in [3.05, 3.63) is 0 Å². The lowest BCUT2D eigenvalue weighted by Gasteiger charge is -2.33. The third-order valence-electron chi connectivity index (χ3n) is 4.02. The fourth-order valence-electron chi connectivity index (χ4n) is 2.54. The number of carboxylic acids is 3. The highest BCUT2D eigenvalue weighted by atomic mass is 16.6. The molecule has 0 saturated carbocycles. The summed E-state index contributed by atoms with van der Waals surface area (Å²) in [6, 6.07) is 0. The van der Waals surface area contributed by atoms with Gasteiger partial charge in [0.15, 0.2) is 5.60 Å². The van der Waals surface area contributed by atoms with Gasteiger partial charge in [-0.2, -0.15) is 0 Å². The quantitative estimate of drug-likeness (QED) is 0.419. The van der Waals surface area contributed by atoms with Crippen LogP contribution >= 0.6 is 0 Å². The van der Waals surface area contributed by atoms with Crippen molar-refractivity contribution in [3.63, 3.8) is 0 Å². The summed E-state index contributed by atoms with van der Waals surface area (Å²) in [6.45, 7) is 0.975. The van der Waals surface area contributed by atoms with Gasteiger partial charge < -0.3 is 29.5 Å². The van der Waals surface area contributed by atoms with Crippen LogP contribution < -0.4 is 0 Å². The van der Waals surface area contributed by atoms with Crippen LogP contribution in [0.1, 0.15) is 25.7 Å². The van der Waals surface area contributed by atoms with E-state index in [1.165, 1.54) is 0 Å². The van der Waals surface area contributed by atoms with Crippen LogP contribution in [-0.2, 0) is 28.6 Å². The number of rotatable bonds is 12. The standard InChI is InChI=1S/C14H20O9/c15-11(16)5-14(13(19)20,23-4-3-9-7-22-9)10(12(17)18)2-1-8-6-21-8/h8-10H,1-7H2,(H,15,16)(H,17,18)(H,19,20). The predicted octanol–water partition coefficient (Wildman–Crippen LogP) is -0.0302. The summed E-state index contributed by atoms with van der Waals surface area (Å²) < 4.78 is 15.3. The molecule has 4 atom stereocenters. The van der Waals surface area contributed by atoms with Crippen LogP contribution in [0.25, 0.3) is 0 Å². The average molecular weight is 332 g/mol. The molecular formula is C14H20O9. The van der Waals surface area contributed by atoms with Crippen molar-refractivity contribution >= 4 is 17.9 Å². The first kappa shape index (κ1) is 17.6. The molecule has 2 heterocycles. The molecule has 2 aliphatic rings. The Bertz CT molecular complexity index is 469. The number of epoxide rings is 2. The minimum Gasteiger partial charge on any atom is -0.481 e. The third kappa shape index (κ3) is 4.88. The summed E-state index contributed by atoms with van der Waals surface area (Å²) >= 11 is 0. The molecule has 0 aromatic heterocycles. The van der Waals surface area contributed by atoms with Crippen LogP contribution in [0, 0.1) is 5.92 Å². The maximum absolute atomic E-state index is 11.7. The first-order chi connectivity index (χ1) is 10.8.